The van der Waals surface area contributed by atoms with E-state index >= 15 is 0 Å². The lowest BCUT2D eigenvalue weighted by atomic mass is 9.89. The molecule has 0 saturated carbocycles. The van der Waals surface area contributed by atoms with Crippen LogP contribution in [0.2, 0.25) is 0 Å². The number of aliphatic carboxylic acids is 1. The van der Waals surface area contributed by atoms with Crippen LogP contribution < -0.4 is 38.3 Å². The maximum atomic E-state index is 12.9. The molecular formula is C42H37N11O10. The number of carbonyl (C=O) groups excluding carboxylic acids is 3. The largest absolute Gasteiger partial charge is 0.492 e. The molecule has 3 aromatic carbocycles. The fourth-order valence-electron chi connectivity index (χ4n) is 6.57. The van der Waals surface area contributed by atoms with E-state index in [0.29, 0.717) is 56.1 Å². The average molecular weight is 856 g/mol. The van der Waals surface area contributed by atoms with Gasteiger partial charge in [0, 0.05) is 52.0 Å². The van der Waals surface area contributed by atoms with Crippen molar-refractivity contribution in [2.24, 2.45) is 0 Å². The van der Waals surface area contributed by atoms with Crippen molar-refractivity contribution < 1.29 is 48.5 Å². The van der Waals surface area contributed by atoms with Gasteiger partial charge in [-0.25, -0.2) is 25.0 Å². The third-order valence-corrected chi connectivity index (χ3v) is 9.56. The molecule has 3 amide bonds. The number of hydroxylamine groups is 1. The summed E-state index contributed by atoms with van der Waals surface area (Å²) in [5.74, 6) is -4.75. The molecule has 7 rings (SSSR count). The first kappa shape index (κ1) is 42.4. The first-order chi connectivity index (χ1) is 30.2. The van der Waals surface area contributed by atoms with Crippen LogP contribution in [0.25, 0.3) is 44.6 Å². The number of aromatic hydroxyl groups is 1. The lowest BCUT2D eigenvalue weighted by molar-refractivity contribution is -0.140. The monoisotopic (exact) mass is 855 g/mol. The molecule has 0 radical (unpaired) electrons. The minimum Gasteiger partial charge on any atom is -0.492 e. The second-order valence-electron chi connectivity index (χ2n) is 14.0. The van der Waals surface area contributed by atoms with E-state index in [-0.39, 0.29) is 59.4 Å². The summed E-state index contributed by atoms with van der Waals surface area (Å²) in [5, 5.41) is 46.6. The van der Waals surface area contributed by atoms with E-state index < -0.39 is 48.3 Å². The second-order valence-corrected chi connectivity index (χ2v) is 14.0. The molecule has 5 aromatic rings. The lowest BCUT2D eigenvalue weighted by Crippen LogP contribution is -2.42. The zero-order chi connectivity index (χ0) is 44.8. The smallest absolute Gasteiger partial charge is 0.336 e. The zero-order valence-corrected chi connectivity index (χ0v) is 32.8. The predicted molar refractivity (Wildman–Crippen MR) is 225 cm³/mol. The van der Waals surface area contributed by atoms with Crippen LogP contribution in [0.15, 0.2) is 89.5 Å². The Morgan fingerprint density at radius 1 is 0.873 bits per heavy atom. The van der Waals surface area contributed by atoms with Crippen LogP contribution in [0, 0.1) is 5.41 Å². The highest BCUT2D eigenvalue weighted by molar-refractivity contribution is 6.08. The average Bonchev–Trinajstić information content (AvgIpc) is 3.25. The highest BCUT2D eigenvalue weighted by Gasteiger charge is 2.24. The van der Waals surface area contributed by atoms with Gasteiger partial charge in [-0.3, -0.25) is 19.2 Å². The molecule has 2 aliphatic rings. The summed E-state index contributed by atoms with van der Waals surface area (Å²) in [6.45, 7) is -0.281. The number of fused-ring (bicyclic) bond motifs is 3. The molecule has 3 heterocycles. The van der Waals surface area contributed by atoms with E-state index in [4.69, 9.17) is 26.1 Å². The predicted octanol–water partition coefficient (Wildman–Crippen LogP) is 2.92. The minimum absolute atomic E-state index is 0.0803. The number of nitrogen functional groups attached to an aromatic ring is 2. The van der Waals surface area contributed by atoms with Crippen LogP contribution in [-0.4, -0.2) is 77.7 Å². The lowest BCUT2D eigenvalue weighted by Gasteiger charge is -2.17. The number of anilines is 3. The summed E-state index contributed by atoms with van der Waals surface area (Å²) in [4.78, 5) is 83.6. The van der Waals surface area contributed by atoms with Gasteiger partial charge >= 0.3 is 11.9 Å². The number of carboxylic acid groups (broad SMARTS) is 2. The summed E-state index contributed by atoms with van der Waals surface area (Å²) < 4.78 is 6.01. The highest BCUT2D eigenvalue weighted by atomic mass is 16.7. The van der Waals surface area contributed by atoms with Crippen LogP contribution in [0.3, 0.4) is 0 Å². The van der Waals surface area contributed by atoms with Gasteiger partial charge < -0.3 is 52.6 Å². The topological polar surface area (TPSA) is 344 Å². The Balaban J connectivity index is 0.874. The van der Waals surface area contributed by atoms with E-state index in [2.05, 4.69) is 41.4 Å². The maximum absolute atomic E-state index is 12.9. The highest BCUT2D eigenvalue weighted by Crippen LogP contribution is 2.41. The first-order valence-electron chi connectivity index (χ1n) is 18.9. The Kier molecular flexibility index (Phi) is 12.3. The van der Waals surface area contributed by atoms with Crippen molar-refractivity contribution in [2.75, 3.05) is 23.5 Å². The van der Waals surface area contributed by atoms with E-state index in [9.17, 15) is 39.3 Å². The number of carboxylic acids is 2. The van der Waals surface area contributed by atoms with Gasteiger partial charge in [0.15, 0.2) is 11.2 Å². The van der Waals surface area contributed by atoms with Gasteiger partial charge in [-0.2, -0.15) is 9.97 Å². The number of nitrogens with two attached hydrogens (primary N) is 2. The SMILES string of the molecule is N=c1ccc2c(-c3ccc(CC(=O)NOCNC(=O)CCC(NC(=O)c4ccc(NCc5cnc6nc(N)nc(O)c6n5)cc4)C(=O)O)cc3C(=O)O)c3ccc(N)cc3oc-2c1. The Morgan fingerprint density at radius 2 is 1.65 bits per heavy atom. The molecule has 12 N–H and O–H groups in total. The van der Waals surface area contributed by atoms with Crippen LogP contribution in [-0.2, 0) is 32.2 Å². The normalized spacial score (nSPS) is 11.6. The van der Waals surface area contributed by atoms with Gasteiger partial charge in [-0.05, 0) is 72.1 Å². The molecule has 0 bridgehead atoms. The molecule has 0 spiro atoms. The van der Waals surface area contributed by atoms with Crippen molar-refractivity contribution >= 4 is 69.1 Å². The van der Waals surface area contributed by atoms with Crippen LogP contribution in [0.4, 0.5) is 17.3 Å². The molecule has 21 heteroatoms. The number of rotatable bonds is 16. The molecule has 1 aliphatic carbocycles. The van der Waals surface area contributed by atoms with Crippen LogP contribution in [0.5, 0.6) is 5.88 Å². The number of nitrogens with zero attached hydrogens (tertiary/aromatic N) is 4. The minimum atomic E-state index is -1.41. The third kappa shape index (κ3) is 10.0. The molecule has 63 heavy (non-hydrogen) atoms. The molecule has 0 fully saturated rings. The Labute approximate surface area is 355 Å². The number of carbonyl (C=O) groups is 5. The quantitative estimate of drug-likeness (QED) is 0.0219. The molecular weight excluding hydrogens is 819 g/mol. The standard InChI is InChI=1S/C42H37N11O10/c43-22-4-9-27-31(15-22)63-32-16-23(44)5-10-28(32)35(27)26-8-1-20(13-29(26)40(58)59)14-34(55)53-62-19-48-33(54)12-11-30(41(60)61)50-38(56)21-2-6-24(7-3-21)46-17-25-18-47-37-36(49-25)39(57)52-42(45)51-37/h1-10,13,15-16,18,30,43,46H,11-12,14,17,19,44H2,(H,48,54)(H,50,56)(H,53,55)(H,58,59)(H,60,61)(H3,45,47,51,52,57). The van der Waals surface area contributed by atoms with Crippen molar-refractivity contribution in [3.63, 3.8) is 0 Å². The number of hydrogen-bond donors (Lipinski definition) is 10. The van der Waals surface area contributed by atoms with E-state index in [1.807, 2.05) is 0 Å². The summed E-state index contributed by atoms with van der Waals surface area (Å²) >= 11 is 0. The van der Waals surface area contributed by atoms with Crippen molar-refractivity contribution in [1.82, 2.24) is 36.0 Å². The molecule has 0 saturated heterocycles. The van der Waals surface area contributed by atoms with Gasteiger partial charge in [-0.1, -0.05) is 12.1 Å². The summed E-state index contributed by atoms with van der Waals surface area (Å²) in [7, 11) is 0. The fourth-order valence-corrected chi connectivity index (χ4v) is 6.57. The Morgan fingerprint density at radius 3 is 2.41 bits per heavy atom. The van der Waals surface area contributed by atoms with Crippen molar-refractivity contribution in [1.29, 1.82) is 5.41 Å². The van der Waals surface area contributed by atoms with Gasteiger partial charge in [0.05, 0.1) is 35.8 Å². The number of hydrogen-bond acceptors (Lipinski definition) is 16. The number of aromatic nitrogens is 4. The molecule has 1 unspecified atom stereocenters. The molecule has 1 atom stereocenters. The van der Waals surface area contributed by atoms with E-state index in [1.165, 1.54) is 30.5 Å². The van der Waals surface area contributed by atoms with Gasteiger partial charge in [0.2, 0.25) is 23.6 Å². The first-order valence-corrected chi connectivity index (χ1v) is 18.9. The summed E-state index contributed by atoms with van der Waals surface area (Å²) in [6, 6.07) is 19.0. The number of aromatic carboxylic acids is 1. The summed E-state index contributed by atoms with van der Waals surface area (Å²) in [6.07, 6.45) is 0.597. The van der Waals surface area contributed by atoms with Gasteiger partial charge in [0.25, 0.3) is 5.91 Å². The third-order valence-electron chi connectivity index (χ3n) is 9.56. The van der Waals surface area contributed by atoms with E-state index in [0.717, 1.165) is 0 Å². The fraction of sp³-hybridized carbons (Fsp3) is 0.143. The van der Waals surface area contributed by atoms with Gasteiger partial charge in [-0.15, -0.1) is 0 Å². The molecule has 1 aliphatic heterocycles. The molecule has 320 valence electrons. The second kappa shape index (κ2) is 18.3. The number of amides is 3. The zero-order valence-electron chi connectivity index (χ0n) is 32.8. The van der Waals surface area contributed by atoms with Crippen molar-refractivity contribution in [2.45, 2.75) is 31.8 Å². The van der Waals surface area contributed by atoms with Crippen LogP contribution in [0.1, 0.15) is 44.8 Å². The van der Waals surface area contributed by atoms with E-state index in [1.54, 1.807) is 54.6 Å². The van der Waals surface area contributed by atoms with Crippen LogP contribution >= 0.6 is 0 Å². The summed E-state index contributed by atoms with van der Waals surface area (Å²) in [5.41, 5.74) is 17.7. The molecule has 2 aromatic heterocycles. The Hall–Kier alpha value is -8.72. The maximum Gasteiger partial charge on any atom is 0.336 e. The van der Waals surface area contributed by atoms with Crippen molar-refractivity contribution in [3.05, 3.63) is 113 Å². The number of nitrogens with one attached hydrogen (secondary N) is 5. The molecule has 21 nitrogen and oxygen atoms in total. The Bertz CT molecular complexity index is 2960. The number of benzene rings is 4. The van der Waals surface area contributed by atoms with Gasteiger partial charge in [0.1, 0.15) is 24.1 Å². The van der Waals surface area contributed by atoms with Crippen molar-refractivity contribution in [3.8, 4) is 28.3 Å².